The van der Waals surface area contributed by atoms with E-state index in [2.05, 4.69) is 65.7 Å². The first kappa shape index (κ1) is 14.1. The Morgan fingerprint density at radius 2 is 1.50 bits per heavy atom. The zero-order valence-electron chi connectivity index (χ0n) is 12.6. The monoisotopic (exact) mass is 286 g/mol. The molecule has 2 heteroatoms. The van der Waals surface area contributed by atoms with E-state index in [1.807, 2.05) is 36.0 Å². The molecule has 0 saturated heterocycles. The van der Waals surface area contributed by atoms with E-state index in [-0.39, 0.29) is 0 Å². The number of benzene rings is 2. The van der Waals surface area contributed by atoms with Crippen LogP contribution < -0.4 is 0 Å². The average molecular weight is 286 g/mol. The Kier molecular flexibility index (Phi) is 4.30. The molecule has 2 aromatic carbocycles. The summed E-state index contributed by atoms with van der Waals surface area (Å²) in [6.07, 6.45) is 9.96. The van der Waals surface area contributed by atoms with Gasteiger partial charge >= 0.3 is 0 Å². The van der Waals surface area contributed by atoms with Gasteiger partial charge in [0.2, 0.25) is 0 Å². The molecule has 0 N–H and O–H groups in total. The minimum atomic E-state index is 0.941. The van der Waals surface area contributed by atoms with Crippen LogP contribution in [0.25, 0.3) is 11.6 Å². The van der Waals surface area contributed by atoms with Crippen molar-refractivity contribution in [2.45, 2.75) is 0 Å². The topological polar surface area (TPSA) is 17.8 Å². The zero-order valence-corrected chi connectivity index (χ0v) is 12.6. The molecular formula is C20H18N2. The van der Waals surface area contributed by atoms with Crippen molar-refractivity contribution in [1.29, 1.82) is 0 Å². The van der Waals surface area contributed by atoms with Gasteiger partial charge in [-0.05, 0) is 22.8 Å². The fourth-order valence-electron chi connectivity index (χ4n) is 2.36. The van der Waals surface area contributed by atoms with Crippen LogP contribution in [0.5, 0.6) is 0 Å². The quantitative estimate of drug-likeness (QED) is 0.643. The maximum absolute atomic E-state index is 4.31. The van der Waals surface area contributed by atoms with Crippen molar-refractivity contribution in [3.05, 3.63) is 102 Å². The first-order chi connectivity index (χ1) is 10.8. The van der Waals surface area contributed by atoms with Gasteiger partial charge in [-0.1, -0.05) is 72.8 Å². The summed E-state index contributed by atoms with van der Waals surface area (Å²) in [6, 6.07) is 20.9. The van der Waals surface area contributed by atoms with Gasteiger partial charge in [-0.3, -0.25) is 0 Å². The number of imidazole rings is 1. The molecule has 2 nitrogen and oxygen atoms in total. The van der Waals surface area contributed by atoms with E-state index in [0.29, 0.717) is 0 Å². The SMILES string of the molecule is Cn1ccnc1/C=C\C=C(c1ccccc1)c1ccccc1. The molecule has 3 rings (SSSR count). The van der Waals surface area contributed by atoms with E-state index in [1.165, 1.54) is 16.7 Å². The van der Waals surface area contributed by atoms with Gasteiger partial charge in [-0.15, -0.1) is 0 Å². The fraction of sp³-hybridized carbons (Fsp3) is 0.0500. The number of allylic oxidation sites excluding steroid dienone is 2. The molecule has 22 heavy (non-hydrogen) atoms. The predicted molar refractivity (Wildman–Crippen MR) is 92.2 cm³/mol. The van der Waals surface area contributed by atoms with Crippen LogP contribution in [0.3, 0.4) is 0 Å². The highest BCUT2D eigenvalue weighted by atomic mass is 15.0. The lowest BCUT2D eigenvalue weighted by Gasteiger charge is -2.07. The van der Waals surface area contributed by atoms with Crippen LogP contribution in [0.1, 0.15) is 17.0 Å². The van der Waals surface area contributed by atoms with Crippen molar-refractivity contribution < 1.29 is 0 Å². The van der Waals surface area contributed by atoms with Crippen LogP contribution in [0.15, 0.2) is 85.2 Å². The average Bonchev–Trinajstić information content (AvgIpc) is 2.98. The summed E-state index contributed by atoms with van der Waals surface area (Å²) < 4.78 is 2.00. The molecule has 1 aromatic heterocycles. The summed E-state index contributed by atoms with van der Waals surface area (Å²) in [5.41, 5.74) is 3.61. The van der Waals surface area contributed by atoms with Crippen molar-refractivity contribution in [3.8, 4) is 0 Å². The third kappa shape index (κ3) is 3.23. The standard InChI is InChI=1S/C20H18N2/c1-22-16-15-21-20(22)14-8-13-19(17-9-4-2-5-10-17)18-11-6-3-7-12-18/h2-16H,1H3/b14-8-. The Balaban J connectivity index is 1.97. The Labute approximate surface area is 131 Å². The minimum absolute atomic E-state index is 0.941. The van der Waals surface area contributed by atoms with E-state index in [9.17, 15) is 0 Å². The number of aromatic nitrogens is 2. The van der Waals surface area contributed by atoms with E-state index >= 15 is 0 Å². The molecule has 0 saturated carbocycles. The normalized spacial score (nSPS) is 10.8. The third-order valence-electron chi connectivity index (χ3n) is 3.54. The summed E-state index contributed by atoms with van der Waals surface area (Å²) in [5, 5.41) is 0. The Morgan fingerprint density at radius 3 is 2.00 bits per heavy atom. The molecule has 0 bridgehead atoms. The molecule has 1 heterocycles. The summed E-state index contributed by atoms with van der Waals surface area (Å²) >= 11 is 0. The Hall–Kier alpha value is -2.87. The van der Waals surface area contributed by atoms with Crippen LogP contribution in [0, 0.1) is 0 Å². The van der Waals surface area contributed by atoms with Crippen LogP contribution in [-0.4, -0.2) is 9.55 Å². The molecule has 0 aliphatic heterocycles. The third-order valence-corrected chi connectivity index (χ3v) is 3.54. The predicted octanol–water partition coefficient (Wildman–Crippen LogP) is 4.57. The second-order valence-electron chi connectivity index (χ2n) is 5.07. The van der Waals surface area contributed by atoms with Crippen molar-refractivity contribution in [3.63, 3.8) is 0 Å². The van der Waals surface area contributed by atoms with Gasteiger partial charge in [-0.25, -0.2) is 4.98 Å². The fourth-order valence-corrected chi connectivity index (χ4v) is 2.36. The molecule has 3 aromatic rings. The summed E-state index contributed by atoms with van der Waals surface area (Å²) in [5.74, 6) is 0.941. The maximum Gasteiger partial charge on any atom is 0.132 e. The van der Waals surface area contributed by atoms with Crippen LogP contribution in [-0.2, 0) is 7.05 Å². The van der Waals surface area contributed by atoms with Gasteiger partial charge in [0.05, 0.1) is 0 Å². The van der Waals surface area contributed by atoms with Gasteiger partial charge in [0.25, 0.3) is 0 Å². The van der Waals surface area contributed by atoms with Gasteiger partial charge < -0.3 is 4.57 Å². The largest absolute Gasteiger partial charge is 0.335 e. The van der Waals surface area contributed by atoms with E-state index in [0.717, 1.165) is 5.82 Å². The maximum atomic E-state index is 4.31. The molecule has 0 unspecified atom stereocenters. The van der Waals surface area contributed by atoms with Crippen LogP contribution >= 0.6 is 0 Å². The molecule has 108 valence electrons. The van der Waals surface area contributed by atoms with Gasteiger partial charge in [-0.2, -0.15) is 0 Å². The number of rotatable bonds is 4. The Bertz CT molecular complexity index is 739. The number of aryl methyl sites for hydroxylation is 1. The summed E-state index contributed by atoms with van der Waals surface area (Å²) in [6.45, 7) is 0. The highest BCUT2D eigenvalue weighted by Crippen LogP contribution is 2.23. The highest BCUT2D eigenvalue weighted by Gasteiger charge is 2.02. The molecule has 0 radical (unpaired) electrons. The second kappa shape index (κ2) is 6.72. The lowest BCUT2D eigenvalue weighted by atomic mass is 9.97. The van der Waals surface area contributed by atoms with Crippen LogP contribution in [0.4, 0.5) is 0 Å². The van der Waals surface area contributed by atoms with E-state index < -0.39 is 0 Å². The Morgan fingerprint density at radius 1 is 0.909 bits per heavy atom. The number of hydrogen-bond acceptors (Lipinski definition) is 1. The van der Waals surface area contributed by atoms with Crippen molar-refractivity contribution in [2.75, 3.05) is 0 Å². The van der Waals surface area contributed by atoms with Crippen molar-refractivity contribution >= 4 is 11.6 Å². The molecule has 0 spiro atoms. The first-order valence-corrected chi connectivity index (χ1v) is 7.31. The lowest BCUT2D eigenvalue weighted by Crippen LogP contribution is -1.89. The zero-order chi connectivity index (χ0) is 15.2. The molecule has 0 amide bonds. The molecule has 0 fully saturated rings. The van der Waals surface area contributed by atoms with Gasteiger partial charge in [0.15, 0.2) is 0 Å². The van der Waals surface area contributed by atoms with Crippen molar-refractivity contribution in [1.82, 2.24) is 9.55 Å². The minimum Gasteiger partial charge on any atom is -0.335 e. The van der Waals surface area contributed by atoms with Crippen molar-refractivity contribution in [2.24, 2.45) is 7.05 Å². The van der Waals surface area contributed by atoms with Crippen LogP contribution in [0.2, 0.25) is 0 Å². The highest BCUT2D eigenvalue weighted by molar-refractivity contribution is 5.81. The number of nitrogens with zero attached hydrogens (tertiary/aromatic N) is 2. The molecular weight excluding hydrogens is 268 g/mol. The van der Waals surface area contributed by atoms with Gasteiger partial charge in [0.1, 0.15) is 5.82 Å². The first-order valence-electron chi connectivity index (χ1n) is 7.31. The molecule has 0 aliphatic carbocycles. The van der Waals surface area contributed by atoms with E-state index in [1.54, 1.807) is 6.20 Å². The van der Waals surface area contributed by atoms with E-state index in [4.69, 9.17) is 0 Å². The lowest BCUT2D eigenvalue weighted by molar-refractivity contribution is 0.897. The molecule has 0 atom stereocenters. The number of hydrogen-bond donors (Lipinski definition) is 0. The second-order valence-corrected chi connectivity index (χ2v) is 5.07. The summed E-state index contributed by atoms with van der Waals surface area (Å²) in [7, 11) is 1.99. The smallest absolute Gasteiger partial charge is 0.132 e. The van der Waals surface area contributed by atoms with Gasteiger partial charge in [0, 0.05) is 19.4 Å². The molecule has 0 aliphatic rings. The summed E-state index contributed by atoms with van der Waals surface area (Å²) in [4.78, 5) is 4.31.